The summed E-state index contributed by atoms with van der Waals surface area (Å²) in [6.07, 6.45) is 1.83. The highest BCUT2D eigenvalue weighted by Crippen LogP contribution is 2.25. The molecule has 2 aromatic carbocycles. The third-order valence-corrected chi connectivity index (χ3v) is 5.19. The maximum absolute atomic E-state index is 12.9. The van der Waals surface area contributed by atoms with E-state index < -0.39 is 10.8 Å². The van der Waals surface area contributed by atoms with Gasteiger partial charge in [-0.2, -0.15) is 0 Å². The molecule has 0 aliphatic heterocycles. The molecule has 2 rings (SSSR count). The van der Waals surface area contributed by atoms with Gasteiger partial charge in [0.1, 0.15) is 0 Å². The van der Waals surface area contributed by atoms with E-state index in [1.807, 2.05) is 24.3 Å². The van der Waals surface area contributed by atoms with Crippen LogP contribution >= 0.6 is 0 Å². The van der Waals surface area contributed by atoms with Crippen LogP contribution in [0.15, 0.2) is 46.2 Å². The zero-order chi connectivity index (χ0) is 14.7. The van der Waals surface area contributed by atoms with Gasteiger partial charge in [0.05, 0.1) is 10.8 Å². The van der Waals surface area contributed by atoms with Gasteiger partial charge in [0.15, 0.2) is 0 Å². The van der Waals surface area contributed by atoms with Gasteiger partial charge in [-0.15, -0.1) is 0 Å². The quantitative estimate of drug-likeness (QED) is 0.803. The molecule has 0 saturated carbocycles. The van der Waals surface area contributed by atoms with Crippen molar-refractivity contribution < 1.29 is 4.21 Å². The molecule has 0 radical (unpaired) electrons. The molecule has 106 valence electrons. The van der Waals surface area contributed by atoms with Crippen LogP contribution in [0, 0.1) is 13.8 Å². The number of hydrogen-bond donors (Lipinski definition) is 0. The molecular formula is C18H22OS. The van der Waals surface area contributed by atoms with Crippen molar-refractivity contribution in [3.8, 4) is 0 Å². The molecule has 0 atom stereocenters. The molecular weight excluding hydrogens is 264 g/mol. The average molecular weight is 286 g/mol. The van der Waals surface area contributed by atoms with Gasteiger partial charge in [0.25, 0.3) is 0 Å². The first-order valence-electron chi connectivity index (χ1n) is 7.17. The fourth-order valence-corrected chi connectivity index (χ4v) is 3.95. The van der Waals surface area contributed by atoms with Gasteiger partial charge in [-0.3, -0.25) is 0 Å². The van der Waals surface area contributed by atoms with Crippen LogP contribution in [0.25, 0.3) is 0 Å². The SMILES string of the molecule is CCc1cc(C)ccc1S(=O)c1ccc(C)cc1CC. The summed E-state index contributed by atoms with van der Waals surface area (Å²) in [5.74, 6) is 0. The van der Waals surface area contributed by atoms with Crippen LogP contribution in [0.3, 0.4) is 0 Å². The Morgan fingerprint density at radius 1 is 0.800 bits per heavy atom. The minimum absolute atomic E-state index is 0.913. The third-order valence-electron chi connectivity index (χ3n) is 3.59. The summed E-state index contributed by atoms with van der Waals surface area (Å²) < 4.78 is 12.9. The van der Waals surface area contributed by atoms with Gasteiger partial charge in [0, 0.05) is 9.79 Å². The highest BCUT2D eigenvalue weighted by Gasteiger charge is 2.14. The van der Waals surface area contributed by atoms with E-state index in [0.29, 0.717) is 0 Å². The molecule has 0 saturated heterocycles. The predicted molar refractivity (Wildman–Crippen MR) is 85.8 cm³/mol. The number of aryl methyl sites for hydroxylation is 4. The van der Waals surface area contributed by atoms with E-state index in [1.165, 1.54) is 22.3 Å². The monoisotopic (exact) mass is 286 g/mol. The summed E-state index contributed by atoms with van der Waals surface area (Å²) in [5.41, 5.74) is 4.82. The normalized spacial score (nSPS) is 11.1. The molecule has 0 N–H and O–H groups in total. The lowest BCUT2D eigenvalue weighted by atomic mass is 10.1. The maximum atomic E-state index is 12.9. The van der Waals surface area contributed by atoms with E-state index in [0.717, 1.165) is 22.6 Å². The molecule has 0 fully saturated rings. The van der Waals surface area contributed by atoms with E-state index in [9.17, 15) is 4.21 Å². The molecule has 0 aliphatic rings. The molecule has 20 heavy (non-hydrogen) atoms. The van der Waals surface area contributed by atoms with E-state index >= 15 is 0 Å². The number of benzene rings is 2. The maximum Gasteiger partial charge on any atom is 0.0855 e. The van der Waals surface area contributed by atoms with Crippen LogP contribution in [0.2, 0.25) is 0 Å². The van der Waals surface area contributed by atoms with E-state index in [2.05, 4.69) is 39.8 Å². The fraction of sp³-hybridized carbons (Fsp3) is 0.333. The molecule has 0 aromatic heterocycles. The molecule has 0 unspecified atom stereocenters. The van der Waals surface area contributed by atoms with Crippen LogP contribution in [0.1, 0.15) is 36.1 Å². The highest BCUT2D eigenvalue weighted by atomic mass is 32.2. The first kappa shape index (κ1) is 15.0. The van der Waals surface area contributed by atoms with Crippen molar-refractivity contribution >= 4 is 10.8 Å². The summed E-state index contributed by atoms with van der Waals surface area (Å²) in [7, 11) is -1.09. The van der Waals surface area contributed by atoms with Crippen molar-refractivity contribution in [3.05, 3.63) is 58.7 Å². The van der Waals surface area contributed by atoms with Gasteiger partial charge in [-0.1, -0.05) is 49.2 Å². The lowest BCUT2D eigenvalue weighted by molar-refractivity contribution is 0.681. The molecule has 0 heterocycles. The molecule has 0 aliphatic carbocycles. The fourth-order valence-electron chi connectivity index (χ4n) is 2.45. The van der Waals surface area contributed by atoms with Crippen molar-refractivity contribution in [2.45, 2.75) is 50.3 Å². The van der Waals surface area contributed by atoms with Gasteiger partial charge >= 0.3 is 0 Å². The van der Waals surface area contributed by atoms with Crippen molar-refractivity contribution in [2.24, 2.45) is 0 Å². The molecule has 2 heteroatoms. The van der Waals surface area contributed by atoms with Crippen LogP contribution < -0.4 is 0 Å². The van der Waals surface area contributed by atoms with E-state index in [4.69, 9.17) is 0 Å². The summed E-state index contributed by atoms with van der Waals surface area (Å²) in [6.45, 7) is 8.39. The Bertz CT molecular complexity index is 588. The summed E-state index contributed by atoms with van der Waals surface area (Å²) >= 11 is 0. The highest BCUT2D eigenvalue weighted by molar-refractivity contribution is 7.85. The Hall–Kier alpha value is -1.41. The summed E-state index contributed by atoms with van der Waals surface area (Å²) in [5, 5.41) is 0. The first-order valence-corrected chi connectivity index (χ1v) is 8.32. The van der Waals surface area contributed by atoms with Crippen molar-refractivity contribution in [1.82, 2.24) is 0 Å². The Balaban J connectivity index is 2.51. The minimum atomic E-state index is -1.09. The number of hydrogen-bond acceptors (Lipinski definition) is 1. The Labute approximate surface area is 124 Å². The van der Waals surface area contributed by atoms with E-state index in [1.54, 1.807) is 0 Å². The zero-order valence-corrected chi connectivity index (χ0v) is 13.5. The second-order valence-corrected chi connectivity index (χ2v) is 6.62. The zero-order valence-electron chi connectivity index (χ0n) is 12.7. The Morgan fingerprint density at radius 3 is 1.55 bits per heavy atom. The smallest absolute Gasteiger partial charge is 0.0855 e. The predicted octanol–water partition coefficient (Wildman–Crippen LogP) is 4.59. The van der Waals surface area contributed by atoms with Gasteiger partial charge in [0.2, 0.25) is 0 Å². The van der Waals surface area contributed by atoms with Crippen LogP contribution in [-0.2, 0) is 23.6 Å². The summed E-state index contributed by atoms with van der Waals surface area (Å²) in [4.78, 5) is 1.91. The van der Waals surface area contributed by atoms with Crippen LogP contribution in [0.5, 0.6) is 0 Å². The second-order valence-electron chi connectivity index (χ2n) is 5.20. The second kappa shape index (κ2) is 6.36. The standard InChI is InChI=1S/C18H22OS/c1-5-15-11-13(3)7-9-17(15)20(19)18-10-8-14(4)12-16(18)6-2/h7-12H,5-6H2,1-4H3. The van der Waals surface area contributed by atoms with Crippen molar-refractivity contribution in [3.63, 3.8) is 0 Å². The Morgan fingerprint density at radius 2 is 1.20 bits per heavy atom. The van der Waals surface area contributed by atoms with Crippen LogP contribution in [-0.4, -0.2) is 4.21 Å². The molecule has 1 nitrogen and oxygen atoms in total. The molecule has 2 aromatic rings. The van der Waals surface area contributed by atoms with Crippen molar-refractivity contribution in [1.29, 1.82) is 0 Å². The largest absolute Gasteiger partial charge is 0.249 e. The number of rotatable bonds is 4. The minimum Gasteiger partial charge on any atom is -0.249 e. The summed E-state index contributed by atoms with van der Waals surface area (Å²) in [6, 6.07) is 12.4. The van der Waals surface area contributed by atoms with Crippen LogP contribution in [0.4, 0.5) is 0 Å². The van der Waals surface area contributed by atoms with Gasteiger partial charge < -0.3 is 0 Å². The Kier molecular flexibility index (Phi) is 4.77. The molecule has 0 amide bonds. The lowest BCUT2D eigenvalue weighted by Crippen LogP contribution is -2.02. The molecule has 0 bridgehead atoms. The lowest BCUT2D eigenvalue weighted by Gasteiger charge is -2.12. The van der Waals surface area contributed by atoms with Gasteiger partial charge in [-0.25, -0.2) is 4.21 Å². The van der Waals surface area contributed by atoms with Gasteiger partial charge in [-0.05, 0) is 49.9 Å². The first-order chi connectivity index (χ1) is 9.56. The van der Waals surface area contributed by atoms with E-state index in [-0.39, 0.29) is 0 Å². The molecule has 0 spiro atoms. The topological polar surface area (TPSA) is 17.1 Å². The third kappa shape index (κ3) is 3.01. The average Bonchev–Trinajstić information content (AvgIpc) is 2.46. The van der Waals surface area contributed by atoms with Crippen molar-refractivity contribution in [2.75, 3.05) is 0 Å².